The van der Waals surface area contributed by atoms with Crippen molar-refractivity contribution < 1.29 is 23.8 Å². The minimum Gasteiger partial charge on any atom is -0.493 e. The van der Waals surface area contributed by atoms with E-state index in [1.807, 2.05) is 6.92 Å². The Morgan fingerprint density at radius 3 is 2.79 bits per heavy atom. The molecule has 0 saturated heterocycles. The first kappa shape index (κ1) is 20.4. The van der Waals surface area contributed by atoms with Crippen LogP contribution in [0.25, 0.3) is 17.0 Å². The maximum Gasteiger partial charge on any atom is 0.413 e. The molecular weight excluding hydrogens is 445 g/mol. The molecule has 0 bridgehead atoms. The van der Waals surface area contributed by atoms with E-state index in [0.29, 0.717) is 47.2 Å². The molecule has 174 valence electrons. The van der Waals surface area contributed by atoms with Gasteiger partial charge in [-0.15, -0.1) is 10.2 Å². The van der Waals surface area contributed by atoms with Crippen LogP contribution in [-0.4, -0.2) is 53.8 Å². The molecule has 3 aromatic heterocycles. The average molecular weight is 465 g/mol. The molecule has 1 atom stereocenters. The number of ether oxygens (including phenoxy) is 2. The van der Waals surface area contributed by atoms with Crippen LogP contribution in [-0.2, 0) is 20.0 Å². The Morgan fingerprint density at radius 2 is 2.06 bits per heavy atom. The molecule has 1 N–H and O–H groups in total. The van der Waals surface area contributed by atoms with E-state index in [1.54, 1.807) is 23.9 Å². The second-order valence-corrected chi connectivity index (χ2v) is 8.22. The largest absolute Gasteiger partial charge is 0.493 e. The number of pyridine rings is 1. The van der Waals surface area contributed by atoms with Gasteiger partial charge in [0.25, 0.3) is 0 Å². The highest BCUT2D eigenvalue weighted by molar-refractivity contribution is 5.90. The number of nitrogens with zero attached hydrogens (tertiary/aromatic N) is 7. The van der Waals surface area contributed by atoms with Gasteiger partial charge in [-0.25, -0.2) is 18.9 Å². The zero-order valence-electron chi connectivity index (χ0n) is 18.4. The van der Waals surface area contributed by atoms with Gasteiger partial charge in [0.2, 0.25) is 0 Å². The summed E-state index contributed by atoms with van der Waals surface area (Å²) in [5.41, 5.74) is 1.88. The third-order valence-corrected chi connectivity index (χ3v) is 6.23. The molecule has 2 aliphatic rings. The number of benzene rings is 1. The van der Waals surface area contributed by atoms with Gasteiger partial charge in [-0.1, -0.05) is 6.92 Å². The van der Waals surface area contributed by atoms with Gasteiger partial charge in [0.15, 0.2) is 28.9 Å². The number of fused-ring (bicyclic) bond motifs is 3. The van der Waals surface area contributed by atoms with Gasteiger partial charge in [0, 0.05) is 24.6 Å². The van der Waals surface area contributed by atoms with Gasteiger partial charge in [-0.2, -0.15) is 5.10 Å². The van der Waals surface area contributed by atoms with E-state index in [2.05, 4.69) is 20.3 Å². The summed E-state index contributed by atoms with van der Waals surface area (Å²) in [4.78, 5) is 18.1. The van der Waals surface area contributed by atoms with E-state index in [-0.39, 0.29) is 36.2 Å². The van der Waals surface area contributed by atoms with Gasteiger partial charge in [0.05, 0.1) is 31.2 Å². The smallest absolute Gasteiger partial charge is 0.413 e. The van der Waals surface area contributed by atoms with Crippen LogP contribution in [0.1, 0.15) is 29.8 Å². The van der Waals surface area contributed by atoms with Crippen LogP contribution in [0.15, 0.2) is 24.5 Å². The molecule has 0 fully saturated rings. The summed E-state index contributed by atoms with van der Waals surface area (Å²) in [6, 6.07) is 4.56. The van der Waals surface area contributed by atoms with Crippen molar-refractivity contribution in [2.75, 3.05) is 18.1 Å². The number of carboxylic acid groups (broad SMARTS) is 1. The van der Waals surface area contributed by atoms with Crippen molar-refractivity contribution in [1.82, 2.24) is 29.4 Å². The lowest BCUT2D eigenvalue weighted by Gasteiger charge is -2.23. The monoisotopic (exact) mass is 465 g/mol. The van der Waals surface area contributed by atoms with Crippen molar-refractivity contribution >= 4 is 17.6 Å². The highest BCUT2D eigenvalue weighted by atomic mass is 19.1. The number of aromatic nitrogens is 6. The highest BCUT2D eigenvalue weighted by Gasteiger charge is 2.35. The maximum atomic E-state index is 15.0. The van der Waals surface area contributed by atoms with E-state index in [0.717, 1.165) is 4.90 Å². The lowest BCUT2D eigenvalue weighted by atomic mass is 9.95. The summed E-state index contributed by atoms with van der Waals surface area (Å²) in [7, 11) is 1.78. The number of aryl methyl sites for hydroxylation is 2. The van der Waals surface area contributed by atoms with Gasteiger partial charge in [0.1, 0.15) is 17.9 Å². The van der Waals surface area contributed by atoms with Crippen LogP contribution < -0.4 is 14.4 Å². The Bertz CT molecular complexity index is 1460. The van der Waals surface area contributed by atoms with Crippen LogP contribution >= 0.6 is 0 Å². The molecule has 1 aromatic carbocycles. The van der Waals surface area contributed by atoms with E-state index in [1.165, 1.54) is 16.8 Å². The molecule has 12 heteroatoms. The average Bonchev–Trinajstić information content (AvgIpc) is 3.55. The number of anilines is 1. The second-order valence-electron chi connectivity index (χ2n) is 8.22. The molecule has 1 amide bonds. The Balaban J connectivity index is 1.60. The fourth-order valence-corrected chi connectivity index (χ4v) is 4.65. The van der Waals surface area contributed by atoms with E-state index < -0.39 is 11.9 Å². The van der Waals surface area contributed by atoms with Gasteiger partial charge in [-0.3, -0.25) is 9.30 Å². The Morgan fingerprint density at radius 1 is 1.26 bits per heavy atom. The molecule has 4 aromatic rings. The van der Waals surface area contributed by atoms with E-state index in [4.69, 9.17) is 9.47 Å². The zero-order valence-corrected chi connectivity index (χ0v) is 18.4. The Hall–Kier alpha value is -4.22. The predicted molar refractivity (Wildman–Crippen MR) is 117 cm³/mol. The minimum absolute atomic E-state index is 0.177. The number of halogens is 1. The number of rotatable bonds is 2. The van der Waals surface area contributed by atoms with Gasteiger partial charge in [-0.05, 0) is 18.2 Å². The van der Waals surface area contributed by atoms with Crippen molar-refractivity contribution in [2.45, 2.75) is 25.8 Å². The second kappa shape index (κ2) is 7.40. The number of carbonyl (C=O) groups is 1. The predicted octanol–water partition coefficient (Wildman–Crippen LogP) is 2.78. The third-order valence-electron chi connectivity index (χ3n) is 6.23. The van der Waals surface area contributed by atoms with Crippen molar-refractivity contribution in [1.29, 1.82) is 0 Å². The lowest BCUT2D eigenvalue weighted by molar-refractivity contribution is 0.200. The molecule has 11 nitrogen and oxygen atoms in total. The van der Waals surface area contributed by atoms with Crippen molar-refractivity contribution in [3.63, 3.8) is 0 Å². The molecule has 0 spiro atoms. The Labute approximate surface area is 192 Å². The lowest BCUT2D eigenvalue weighted by Crippen LogP contribution is -2.31. The summed E-state index contributed by atoms with van der Waals surface area (Å²) < 4.78 is 30.1. The first-order chi connectivity index (χ1) is 16.5. The topological polar surface area (TPSA) is 120 Å². The molecule has 5 heterocycles. The van der Waals surface area contributed by atoms with E-state index in [9.17, 15) is 14.3 Å². The number of hydrogen-bond donors (Lipinski definition) is 1. The van der Waals surface area contributed by atoms with Crippen LogP contribution in [0, 0.1) is 5.82 Å². The fourth-order valence-electron chi connectivity index (χ4n) is 4.65. The summed E-state index contributed by atoms with van der Waals surface area (Å²) in [6.45, 7) is 2.23. The van der Waals surface area contributed by atoms with Crippen LogP contribution in [0.5, 0.6) is 11.5 Å². The fraction of sp³-hybridized carbons (Fsp3) is 0.318. The van der Waals surface area contributed by atoms with Crippen molar-refractivity contribution in [3.05, 3.63) is 47.3 Å². The SMILES string of the molecule is CCc1nc(-c2cc3c(n4cnnc24)N(C(=O)O)Cc2c(F)ccc4c2[C@@H](CO4)CO3)n(C)n1. The summed E-state index contributed by atoms with van der Waals surface area (Å²) in [5, 5.41) is 22.8. The molecule has 0 unspecified atom stereocenters. The van der Waals surface area contributed by atoms with Gasteiger partial charge >= 0.3 is 6.09 Å². The van der Waals surface area contributed by atoms with Crippen LogP contribution in [0.2, 0.25) is 0 Å². The number of hydrogen-bond acceptors (Lipinski definition) is 7. The first-order valence-electron chi connectivity index (χ1n) is 10.8. The molecule has 0 aliphatic carbocycles. The van der Waals surface area contributed by atoms with Crippen LogP contribution in [0.3, 0.4) is 0 Å². The normalized spacial score (nSPS) is 16.8. The van der Waals surface area contributed by atoms with Gasteiger partial charge < -0.3 is 14.6 Å². The first-order valence-corrected chi connectivity index (χ1v) is 10.8. The third kappa shape index (κ3) is 2.91. The molecular formula is C22H20FN7O4. The van der Waals surface area contributed by atoms with E-state index >= 15 is 0 Å². The van der Waals surface area contributed by atoms with Crippen molar-refractivity contribution in [3.8, 4) is 22.9 Å². The Kier molecular flexibility index (Phi) is 4.44. The highest BCUT2D eigenvalue weighted by Crippen LogP contribution is 2.43. The number of amides is 1. The van der Waals surface area contributed by atoms with Crippen molar-refractivity contribution in [2.24, 2.45) is 7.05 Å². The summed E-state index contributed by atoms with van der Waals surface area (Å²) in [5.74, 6) is 1.48. The van der Waals surface area contributed by atoms with Crippen LogP contribution in [0.4, 0.5) is 15.0 Å². The zero-order chi connectivity index (χ0) is 23.6. The molecule has 0 saturated carbocycles. The summed E-state index contributed by atoms with van der Waals surface area (Å²) in [6.07, 6.45) is 0.791. The minimum atomic E-state index is -1.27. The summed E-state index contributed by atoms with van der Waals surface area (Å²) >= 11 is 0. The maximum absolute atomic E-state index is 15.0. The molecule has 0 radical (unpaired) electrons. The molecule has 2 aliphatic heterocycles. The molecule has 6 rings (SSSR count). The quantitative estimate of drug-likeness (QED) is 0.480. The molecule has 34 heavy (non-hydrogen) atoms. The standard InChI is InChI=1S/C22H20FN7O4/c1-3-17-25-19(28(2)27-17)12-6-16-21(30-10-24-26-20(12)30)29(22(31)32)7-13-14(23)4-5-15-18(13)11(8-33-15)9-34-16/h4-6,10-11H,3,7-9H2,1-2H3,(H,31,32)/t11-/m0/s1.